The predicted octanol–water partition coefficient (Wildman–Crippen LogP) is 1.83. The van der Waals surface area contributed by atoms with Crippen molar-refractivity contribution in [2.45, 2.75) is 25.3 Å². The minimum Gasteiger partial charge on any atom is -0.395 e. The Labute approximate surface area is 109 Å². The van der Waals surface area contributed by atoms with Crippen molar-refractivity contribution in [2.75, 3.05) is 13.2 Å². The summed E-state index contributed by atoms with van der Waals surface area (Å²) < 4.78 is 0.701. The fraction of sp³-hybridized carbons (Fsp3) is 0.500. The molecule has 1 aromatic rings. The lowest BCUT2D eigenvalue weighted by atomic mass is 9.91. The molecule has 0 bridgehead atoms. The van der Waals surface area contributed by atoms with Gasteiger partial charge in [-0.15, -0.1) is 0 Å². The van der Waals surface area contributed by atoms with Gasteiger partial charge in [-0.2, -0.15) is 0 Å². The minimum absolute atomic E-state index is 0.00725. The van der Waals surface area contributed by atoms with Crippen LogP contribution in [0.4, 0.5) is 0 Å². The lowest BCUT2D eigenvalue weighted by Crippen LogP contribution is -2.46. The van der Waals surface area contributed by atoms with Crippen LogP contribution in [-0.4, -0.2) is 40.1 Å². The number of aliphatic hydroxyl groups is 1. The van der Waals surface area contributed by atoms with Gasteiger partial charge < -0.3 is 10.0 Å². The highest BCUT2D eigenvalue weighted by molar-refractivity contribution is 9.10. The number of rotatable bonds is 4. The van der Waals surface area contributed by atoms with Gasteiger partial charge in [0.15, 0.2) is 0 Å². The van der Waals surface area contributed by atoms with Crippen LogP contribution in [0.5, 0.6) is 0 Å². The van der Waals surface area contributed by atoms with E-state index in [-0.39, 0.29) is 18.6 Å². The molecule has 1 N–H and O–H groups in total. The standard InChI is InChI=1S/C12H15BrN2O2/c13-10-5-2-6-14-11(10)12(17)15(7-8-16)9-3-1-4-9/h2,5-6,9,16H,1,3-4,7-8H2. The van der Waals surface area contributed by atoms with Crippen LogP contribution in [-0.2, 0) is 0 Å². The van der Waals surface area contributed by atoms with Crippen LogP contribution in [0, 0.1) is 0 Å². The van der Waals surface area contributed by atoms with Crippen molar-refractivity contribution in [2.24, 2.45) is 0 Å². The highest BCUT2D eigenvalue weighted by atomic mass is 79.9. The molecule has 17 heavy (non-hydrogen) atoms. The molecule has 0 unspecified atom stereocenters. The van der Waals surface area contributed by atoms with E-state index in [1.54, 1.807) is 23.2 Å². The first kappa shape index (κ1) is 12.5. The molecule has 1 saturated carbocycles. The van der Waals surface area contributed by atoms with Crippen LogP contribution in [0.3, 0.4) is 0 Å². The molecule has 1 heterocycles. The number of hydrogen-bond acceptors (Lipinski definition) is 3. The summed E-state index contributed by atoms with van der Waals surface area (Å²) in [5.41, 5.74) is 0.424. The van der Waals surface area contributed by atoms with Crippen LogP contribution >= 0.6 is 15.9 Å². The molecule has 4 nitrogen and oxygen atoms in total. The van der Waals surface area contributed by atoms with Gasteiger partial charge in [0.1, 0.15) is 5.69 Å². The van der Waals surface area contributed by atoms with Gasteiger partial charge in [0.2, 0.25) is 0 Å². The van der Waals surface area contributed by atoms with E-state index >= 15 is 0 Å². The number of aromatic nitrogens is 1. The maximum atomic E-state index is 12.3. The molecule has 0 spiro atoms. The smallest absolute Gasteiger partial charge is 0.273 e. The van der Waals surface area contributed by atoms with Crippen LogP contribution in [0.15, 0.2) is 22.8 Å². The molecule has 0 atom stereocenters. The average Bonchev–Trinajstić information content (AvgIpc) is 2.26. The van der Waals surface area contributed by atoms with E-state index in [0.717, 1.165) is 19.3 Å². The van der Waals surface area contributed by atoms with Gasteiger partial charge in [0.25, 0.3) is 5.91 Å². The summed E-state index contributed by atoms with van der Waals surface area (Å²) in [7, 11) is 0. The Bertz CT molecular complexity index is 407. The molecule has 1 aliphatic carbocycles. The largest absolute Gasteiger partial charge is 0.395 e. The first-order valence-electron chi connectivity index (χ1n) is 5.76. The van der Waals surface area contributed by atoms with Crippen LogP contribution < -0.4 is 0 Å². The Balaban J connectivity index is 2.18. The summed E-state index contributed by atoms with van der Waals surface area (Å²) in [5, 5.41) is 9.04. The Morgan fingerprint density at radius 3 is 2.88 bits per heavy atom. The lowest BCUT2D eigenvalue weighted by molar-refractivity contribution is 0.0519. The van der Waals surface area contributed by atoms with Crippen molar-refractivity contribution >= 4 is 21.8 Å². The molecular weight excluding hydrogens is 284 g/mol. The number of hydrogen-bond donors (Lipinski definition) is 1. The predicted molar refractivity (Wildman–Crippen MR) is 67.7 cm³/mol. The molecule has 0 saturated heterocycles. The molecule has 0 radical (unpaired) electrons. The van der Waals surface area contributed by atoms with Crippen molar-refractivity contribution in [1.82, 2.24) is 9.88 Å². The molecular formula is C12H15BrN2O2. The van der Waals surface area contributed by atoms with Crippen LogP contribution in [0.2, 0.25) is 0 Å². The van der Waals surface area contributed by atoms with E-state index in [9.17, 15) is 4.79 Å². The number of nitrogens with zero attached hydrogens (tertiary/aromatic N) is 2. The second kappa shape index (κ2) is 5.60. The summed E-state index contributed by atoms with van der Waals surface area (Å²) in [4.78, 5) is 18.1. The normalized spacial score (nSPS) is 15.4. The number of carbonyl (C=O) groups excluding carboxylic acids is 1. The van der Waals surface area contributed by atoms with Gasteiger partial charge in [0.05, 0.1) is 6.61 Å². The summed E-state index contributed by atoms with van der Waals surface area (Å²) in [6.07, 6.45) is 4.81. The van der Waals surface area contributed by atoms with E-state index in [0.29, 0.717) is 16.7 Å². The summed E-state index contributed by atoms with van der Waals surface area (Å²) in [6, 6.07) is 3.85. The average molecular weight is 299 g/mol. The Morgan fingerprint density at radius 2 is 2.35 bits per heavy atom. The monoisotopic (exact) mass is 298 g/mol. The minimum atomic E-state index is -0.101. The number of halogens is 1. The van der Waals surface area contributed by atoms with E-state index in [2.05, 4.69) is 20.9 Å². The van der Waals surface area contributed by atoms with Crippen LogP contribution in [0.1, 0.15) is 29.8 Å². The first-order chi connectivity index (χ1) is 8.24. The second-order valence-corrected chi connectivity index (χ2v) is 5.00. The Morgan fingerprint density at radius 1 is 1.59 bits per heavy atom. The zero-order chi connectivity index (χ0) is 12.3. The molecule has 1 aliphatic rings. The highest BCUT2D eigenvalue weighted by Gasteiger charge is 2.30. The third-order valence-electron chi connectivity index (χ3n) is 3.08. The molecule has 92 valence electrons. The van der Waals surface area contributed by atoms with Gasteiger partial charge in [0, 0.05) is 23.3 Å². The summed E-state index contributed by atoms with van der Waals surface area (Å²) in [6.45, 7) is 0.374. The van der Waals surface area contributed by atoms with Crippen molar-refractivity contribution in [1.29, 1.82) is 0 Å². The van der Waals surface area contributed by atoms with Crippen molar-refractivity contribution in [3.63, 3.8) is 0 Å². The van der Waals surface area contributed by atoms with Gasteiger partial charge >= 0.3 is 0 Å². The number of aliphatic hydroxyl groups excluding tert-OH is 1. The molecule has 5 heteroatoms. The number of amides is 1. The molecule has 2 rings (SSSR count). The van der Waals surface area contributed by atoms with Crippen molar-refractivity contribution < 1.29 is 9.90 Å². The molecule has 0 aliphatic heterocycles. The molecule has 1 aromatic heterocycles. The van der Waals surface area contributed by atoms with Crippen LogP contribution in [0.25, 0.3) is 0 Å². The fourth-order valence-electron chi connectivity index (χ4n) is 1.94. The highest BCUT2D eigenvalue weighted by Crippen LogP contribution is 2.27. The van der Waals surface area contributed by atoms with E-state index in [4.69, 9.17) is 5.11 Å². The number of pyridine rings is 1. The third-order valence-corrected chi connectivity index (χ3v) is 3.72. The molecule has 1 fully saturated rings. The molecule has 1 amide bonds. The first-order valence-corrected chi connectivity index (χ1v) is 6.55. The second-order valence-electron chi connectivity index (χ2n) is 4.14. The van der Waals surface area contributed by atoms with E-state index in [1.807, 2.05) is 0 Å². The summed E-state index contributed by atoms with van der Waals surface area (Å²) >= 11 is 3.33. The quantitative estimate of drug-likeness (QED) is 0.923. The molecule has 0 aromatic carbocycles. The zero-order valence-corrected chi connectivity index (χ0v) is 11.1. The van der Waals surface area contributed by atoms with Gasteiger partial charge in [-0.05, 0) is 47.3 Å². The van der Waals surface area contributed by atoms with Crippen molar-refractivity contribution in [3.8, 4) is 0 Å². The number of carbonyl (C=O) groups is 1. The van der Waals surface area contributed by atoms with E-state index in [1.165, 1.54) is 0 Å². The maximum Gasteiger partial charge on any atom is 0.273 e. The van der Waals surface area contributed by atoms with Crippen molar-refractivity contribution in [3.05, 3.63) is 28.5 Å². The Kier molecular flexibility index (Phi) is 4.12. The maximum absolute atomic E-state index is 12.3. The Hall–Kier alpha value is -0.940. The van der Waals surface area contributed by atoms with E-state index < -0.39 is 0 Å². The van der Waals surface area contributed by atoms with Gasteiger partial charge in [-0.3, -0.25) is 4.79 Å². The summed E-state index contributed by atoms with van der Waals surface area (Å²) in [5.74, 6) is -0.101. The topological polar surface area (TPSA) is 53.4 Å². The van der Waals surface area contributed by atoms with Gasteiger partial charge in [-0.1, -0.05) is 0 Å². The third kappa shape index (κ3) is 2.66. The van der Waals surface area contributed by atoms with Gasteiger partial charge in [-0.25, -0.2) is 4.98 Å². The lowest BCUT2D eigenvalue weighted by Gasteiger charge is -2.37. The zero-order valence-electron chi connectivity index (χ0n) is 9.47. The SMILES string of the molecule is O=C(c1ncccc1Br)N(CCO)C1CCC1. The fourth-order valence-corrected chi connectivity index (χ4v) is 2.36.